The minimum Gasteiger partial charge on any atom is -0.469 e. The summed E-state index contributed by atoms with van der Waals surface area (Å²) in [5.41, 5.74) is 0. The third-order valence-corrected chi connectivity index (χ3v) is 2.40. The normalized spacial score (nSPS) is 12.8. The van der Waals surface area contributed by atoms with Gasteiger partial charge < -0.3 is 14.2 Å². The van der Waals surface area contributed by atoms with Crippen molar-refractivity contribution in [1.82, 2.24) is 0 Å². The highest BCUT2D eigenvalue weighted by Gasteiger charge is 2.29. The summed E-state index contributed by atoms with van der Waals surface area (Å²) in [5.74, 6) is -0.563. The average molecular weight is 246 g/mol. The number of carbonyl (C=O) groups excluding carboxylic acids is 1. The second-order valence-corrected chi connectivity index (χ2v) is 4.03. The van der Waals surface area contributed by atoms with Gasteiger partial charge in [0.2, 0.25) is 0 Å². The Labute approximate surface area is 105 Å². The monoisotopic (exact) mass is 246 g/mol. The molecule has 4 nitrogen and oxygen atoms in total. The molecule has 0 heterocycles. The molecule has 0 aliphatic heterocycles. The number of carbonyl (C=O) groups is 1. The number of esters is 1. The molecule has 0 N–H and O–H groups in total. The fourth-order valence-electron chi connectivity index (χ4n) is 1.58. The molecule has 0 saturated carbocycles. The Hall–Kier alpha value is -0.610. The molecule has 0 aliphatic rings. The fourth-order valence-corrected chi connectivity index (χ4v) is 1.58. The molecule has 0 aromatic rings. The van der Waals surface area contributed by atoms with Crippen LogP contribution in [0.25, 0.3) is 0 Å². The van der Waals surface area contributed by atoms with Gasteiger partial charge in [-0.15, -0.1) is 0 Å². The van der Waals surface area contributed by atoms with Crippen LogP contribution in [0, 0.1) is 5.92 Å². The molecule has 0 amide bonds. The Morgan fingerprint density at radius 3 is 1.88 bits per heavy atom. The van der Waals surface area contributed by atoms with Gasteiger partial charge in [-0.25, -0.2) is 0 Å². The summed E-state index contributed by atoms with van der Waals surface area (Å²) in [5, 5.41) is 0. The highest BCUT2D eigenvalue weighted by atomic mass is 16.7. The lowest BCUT2D eigenvalue weighted by molar-refractivity contribution is -0.191. The number of rotatable bonds is 10. The maximum absolute atomic E-state index is 11.7. The van der Waals surface area contributed by atoms with E-state index in [1.54, 1.807) is 0 Å². The predicted molar refractivity (Wildman–Crippen MR) is 66.7 cm³/mol. The molecule has 0 bridgehead atoms. The van der Waals surface area contributed by atoms with Gasteiger partial charge in [-0.2, -0.15) is 0 Å². The van der Waals surface area contributed by atoms with Crippen molar-refractivity contribution >= 4 is 5.97 Å². The van der Waals surface area contributed by atoms with Crippen molar-refractivity contribution in [2.45, 2.75) is 52.7 Å². The summed E-state index contributed by atoms with van der Waals surface area (Å²) in [6.07, 6.45) is 2.98. The molecule has 1 unspecified atom stereocenters. The molecular formula is C13H26O4. The summed E-state index contributed by atoms with van der Waals surface area (Å²) in [6.45, 7) is 7.30. The van der Waals surface area contributed by atoms with Crippen molar-refractivity contribution in [2.75, 3.05) is 20.3 Å². The lowest BCUT2D eigenvalue weighted by Crippen LogP contribution is -2.34. The van der Waals surface area contributed by atoms with Crippen LogP contribution in [-0.2, 0) is 19.0 Å². The molecule has 0 radical (unpaired) electrons. The first-order valence-corrected chi connectivity index (χ1v) is 6.52. The van der Waals surface area contributed by atoms with Crippen molar-refractivity contribution in [3.8, 4) is 0 Å². The van der Waals surface area contributed by atoms with Gasteiger partial charge >= 0.3 is 5.97 Å². The Kier molecular flexibility index (Phi) is 10.2. The highest BCUT2D eigenvalue weighted by molar-refractivity contribution is 5.72. The van der Waals surface area contributed by atoms with E-state index < -0.39 is 6.29 Å². The second kappa shape index (κ2) is 10.5. The van der Waals surface area contributed by atoms with Crippen molar-refractivity contribution in [1.29, 1.82) is 0 Å². The lowest BCUT2D eigenvalue weighted by atomic mass is 10.0. The largest absolute Gasteiger partial charge is 0.469 e. The minimum atomic E-state index is -0.470. The van der Waals surface area contributed by atoms with Crippen LogP contribution in [-0.4, -0.2) is 32.6 Å². The topological polar surface area (TPSA) is 44.8 Å². The molecule has 0 rings (SSSR count). The molecule has 0 saturated heterocycles. The number of ether oxygens (including phenoxy) is 3. The van der Waals surface area contributed by atoms with Crippen LogP contribution in [0.5, 0.6) is 0 Å². The van der Waals surface area contributed by atoms with Gasteiger partial charge in [-0.05, 0) is 19.3 Å². The van der Waals surface area contributed by atoms with Crippen LogP contribution in [0.3, 0.4) is 0 Å². The van der Waals surface area contributed by atoms with E-state index in [4.69, 9.17) is 14.2 Å². The van der Waals surface area contributed by atoms with Gasteiger partial charge in [0.15, 0.2) is 6.29 Å². The maximum atomic E-state index is 11.7. The first-order valence-electron chi connectivity index (χ1n) is 6.52. The summed E-state index contributed by atoms with van der Waals surface area (Å²) < 4.78 is 16.0. The molecule has 0 aliphatic carbocycles. The molecule has 0 aromatic carbocycles. The summed E-state index contributed by atoms with van der Waals surface area (Å²) >= 11 is 0. The van der Waals surface area contributed by atoms with E-state index in [1.807, 2.05) is 20.8 Å². The Morgan fingerprint density at radius 2 is 1.53 bits per heavy atom. The van der Waals surface area contributed by atoms with Crippen LogP contribution < -0.4 is 0 Å². The molecule has 1 atom stereocenters. The van der Waals surface area contributed by atoms with E-state index in [2.05, 4.69) is 0 Å². The fraction of sp³-hybridized carbons (Fsp3) is 0.923. The van der Waals surface area contributed by atoms with Crippen molar-refractivity contribution in [2.24, 2.45) is 5.92 Å². The number of methoxy groups -OCH3 is 1. The van der Waals surface area contributed by atoms with Crippen LogP contribution in [0.15, 0.2) is 0 Å². The Balaban J connectivity index is 4.47. The van der Waals surface area contributed by atoms with Crippen molar-refractivity contribution < 1.29 is 19.0 Å². The van der Waals surface area contributed by atoms with Gasteiger partial charge in [-0.1, -0.05) is 27.2 Å². The minimum absolute atomic E-state index is 0.246. The predicted octanol–water partition coefficient (Wildman–Crippen LogP) is 2.76. The Morgan fingerprint density at radius 1 is 1.00 bits per heavy atom. The molecule has 0 spiro atoms. The standard InChI is InChI=1S/C13H26O4/c1-5-8-11(12(14)15-4)13(16-9-6-2)17-10-7-3/h11,13H,5-10H2,1-4H3. The molecule has 4 heteroatoms. The Bertz CT molecular complexity index is 186. The smallest absolute Gasteiger partial charge is 0.313 e. The van der Waals surface area contributed by atoms with E-state index in [0.29, 0.717) is 13.2 Å². The average Bonchev–Trinajstić information content (AvgIpc) is 2.36. The van der Waals surface area contributed by atoms with E-state index >= 15 is 0 Å². The first-order chi connectivity index (χ1) is 8.21. The van der Waals surface area contributed by atoms with E-state index in [0.717, 1.165) is 25.7 Å². The van der Waals surface area contributed by atoms with E-state index in [9.17, 15) is 4.79 Å². The third-order valence-electron chi connectivity index (χ3n) is 2.40. The first kappa shape index (κ1) is 16.4. The quantitative estimate of drug-likeness (QED) is 0.439. The van der Waals surface area contributed by atoms with Gasteiger partial charge in [0.05, 0.1) is 7.11 Å². The second-order valence-electron chi connectivity index (χ2n) is 4.03. The van der Waals surface area contributed by atoms with Gasteiger partial charge in [0, 0.05) is 13.2 Å². The molecular weight excluding hydrogens is 220 g/mol. The molecule has 0 aromatic heterocycles. The van der Waals surface area contributed by atoms with E-state index in [1.165, 1.54) is 7.11 Å². The van der Waals surface area contributed by atoms with Crippen LogP contribution in [0.4, 0.5) is 0 Å². The number of hydrogen-bond acceptors (Lipinski definition) is 4. The SMILES string of the molecule is CCCOC(OCCC)C(CCC)C(=O)OC. The zero-order valence-electron chi connectivity index (χ0n) is 11.5. The number of hydrogen-bond donors (Lipinski definition) is 0. The van der Waals surface area contributed by atoms with Gasteiger partial charge in [-0.3, -0.25) is 4.79 Å². The molecule has 102 valence electrons. The van der Waals surface area contributed by atoms with Crippen LogP contribution >= 0.6 is 0 Å². The molecule has 0 fully saturated rings. The third kappa shape index (κ3) is 6.64. The van der Waals surface area contributed by atoms with Gasteiger partial charge in [0.25, 0.3) is 0 Å². The summed E-state index contributed by atoms with van der Waals surface area (Å²) in [7, 11) is 1.40. The zero-order valence-corrected chi connectivity index (χ0v) is 11.5. The van der Waals surface area contributed by atoms with Crippen LogP contribution in [0.1, 0.15) is 46.5 Å². The summed E-state index contributed by atoms with van der Waals surface area (Å²) in [4.78, 5) is 11.7. The summed E-state index contributed by atoms with van der Waals surface area (Å²) in [6, 6.07) is 0. The zero-order chi connectivity index (χ0) is 13.1. The highest BCUT2D eigenvalue weighted by Crippen LogP contribution is 2.18. The maximum Gasteiger partial charge on any atom is 0.313 e. The van der Waals surface area contributed by atoms with Crippen molar-refractivity contribution in [3.05, 3.63) is 0 Å². The lowest BCUT2D eigenvalue weighted by Gasteiger charge is -2.25. The van der Waals surface area contributed by atoms with Gasteiger partial charge in [0.1, 0.15) is 5.92 Å². The van der Waals surface area contributed by atoms with E-state index in [-0.39, 0.29) is 11.9 Å². The van der Waals surface area contributed by atoms with Crippen molar-refractivity contribution in [3.63, 3.8) is 0 Å². The molecule has 17 heavy (non-hydrogen) atoms. The van der Waals surface area contributed by atoms with Crippen LogP contribution in [0.2, 0.25) is 0 Å².